The lowest BCUT2D eigenvalue weighted by Crippen LogP contribution is -2.39. The Bertz CT molecular complexity index is 1010. The monoisotopic (exact) mass is 378 g/mol. The number of hydrogen-bond acceptors (Lipinski definition) is 6. The molecule has 0 unspecified atom stereocenters. The van der Waals surface area contributed by atoms with Gasteiger partial charge in [-0.2, -0.15) is 10.1 Å². The number of methoxy groups -OCH3 is 1. The largest absolute Gasteiger partial charge is 0.497 e. The minimum absolute atomic E-state index is 0.0422. The Balaban J connectivity index is 1.57. The van der Waals surface area contributed by atoms with Crippen LogP contribution in [0.5, 0.6) is 5.75 Å². The van der Waals surface area contributed by atoms with Crippen molar-refractivity contribution in [2.75, 3.05) is 12.4 Å². The van der Waals surface area contributed by atoms with Crippen molar-refractivity contribution < 1.29 is 9.53 Å². The summed E-state index contributed by atoms with van der Waals surface area (Å²) in [4.78, 5) is 18.7. The van der Waals surface area contributed by atoms with Crippen LogP contribution in [0.15, 0.2) is 59.9 Å². The second-order valence-electron chi connectivity index (χ2n) is 6.76. The summed E-state index contributed by atoms with van der Waals surface area (Å²) in [5, 5.41) is 9.74. The van der Waals surface area contributed by atoms with Crippen molar-refractivity contribution in [2.45, 2.75) is 18.4 Å². The first-order valence-electron chi connectivity index (χ1n) is 8.83. The average Bonchev–Trinajstić information content (AvgIpc) is 3.38. The number of Topliss-reactive ketones (excluding diaryl/α,β-unsaturated/α-hetero) is 1. The molecule has 0 radical (unpaired) electrons. The Hall–Kier alpha value is -2.93. The number of benzene rings is 1. The normalized spacial score (nSPS) is 23.8. The standard InChI is InChI=1S/C20H18N4O2S/c1-26-14-6-4-12(5-7-14)13-9-15-18(16(25)10-13)19(17-3-2-8-27-17)24-20(23-15)21-11-22-24/h2-9,11,13,18-19H,10H2,1H3,(H,21,22,23)/t13-,18-,19-/m0/s1. The molecule has 1 N–H and O–H groups in total. The van der Waals surface area contributed by atoms with Crippen molar-refractivity contribution in [3.8, 4) is 5.75 Å². The molecule has 2 aliphatic rings. The van der Waals surface area contributed by atoms with Crippen LogP contribution in [0, 0.1) is 5.92 Å². The van der Waals surface area contributed by atoms with Crippen molar-refractivity contribution in [2.24, 2.45) is 5.92 Å². The van der Waals surface area contributed by atoms with E-state index in [1.807, 2.05) is 40.4 Å². The molecule has 1 aromatic carbocycles. The van der Waals surface area contributed by atoms with Crippen molar-refractivity contribution in [3.63, 3.8) is 0 Å². The molecule has 6 nitrogen and oxygen atoms in total. The summed E-state index contributed by atoms with van der Waals surface area (Å²) in [6.45, 7) is 0. The molecule has 27 heavy (non-hydrogen) atoms. The van der Waals surface area contributed by atoms with Gasteiger partial charge in [-0.1, -0.05) is 24.3 Å². The van der Waals surface area contributed by atoms with Gasteiger partial charge >= 0.3 is 0 Å². The van der Waals surface area contributed by atoms with E-state index in [-0.39, 0.29) is 23.7 Å². The van der Waals surface area contributed by atoms with Gasteiger partial charge < -0.3 is 10.1 Å². The number of ether oxygens (including phenoxy) is 1. The molecular formula is C20H18N4O2S. The highest BCUT2D eigenvalue weighted by atomic mass is 32.1. The summed E-state index contributed by atoms with van der Waals surface area (Å²) in [6, 6.07) is 11.8. The van der Waals surface area contributed by atoms with Crippen LogP contribution in [0.25, 0.3) is 0 Å². The number of ketones is 1. The van der Waals surface area contributed by atoms with E-state index in [0.717, 1.165) is 21.9 Å². The molecule has 0 saturated carbocycles. The third kappa shape index (κ3) is 2.66. The fourth-order valence-electron chi connectivity index (χ4n) is 3.99. The summed E-state index contributed by atoms with van der Waals surface area (Å²) in [5.74, 6) is 1.50. The predicted molar refractivity (Wildman–Crippen MR) is 103 cm³/mol. The molecule has 5 rings (SSSR count). The lowest BCUT2D eigenvalue weighted by atomic mass is 9.77. The fraction of sp³-hybridized carbons (Fsp3) is 0.250. The fourth-order valence-corrected chi connectivity index (χ4v) is 4.83. The Morgan fingerprint density at radius 1 is 1.26 bits per heavy atom. The Morgan fingerprint density at radius 3 is 2.85 bits per heavy atom. The molecule has 3 aromatic rings. The maximum absolute atomic E-state index is 13.2. The van der Waals surface area contributed by atoms with Gasteiger partial charge in [-0.15, -0.1) is 11.3 Å². The summed E-state index contributed by atoms with van der Waals surface area (Å²) in [5.41, 5.74) is 2.03. The molecule has 3 atom stereocenters. The van der Waals surface area contributed by atoms with Crippen LogP contribution in [0.3, 0.4) is 0 Å². The van der Waals surface area contributed by atoms with Gasteiger partial charge in [0.1, 0.15) is 23.9 Å². The van der Waals surface area contributed by atoms with Gasteiger partial charge in [0.25, 0.3) is 0 Å². The zero-order valence-electron chi connectivity index (χ0n) is 14.7. The average molecular weight is 378 g/mol. The first-order chi connectivity index (χ1) is 13.2. The number of thiophene rings is 1. The van der Waals surface area contributed by atoms with Crippen LogP contribution in [-0.2, 0) is 4.79 Å². The van der Waals surface area contributed by atoms with Crippen LogP contribution in [0.2, 0.25) is 0 Å². The lowest BCUT2D eigenvalue weighted by Gasteiger charge is -2.37. The van der Waals surface area contributed by atoms with E-state index in [1.165, 1.54) is 6.33 Å². The minimum Gasteiger partial charge on any atom is -0.497 e. The first kappa shape index (κ1) is 16.3. The summed E-state index contributed by atoms with van der Waals surface area (Å²) in [7, 11) is 1.65. The first-order valence-corrected chi connectivity index (χ1v) is 9.71. The van der Waals surface area contributed by atoms with Gasteiger partial charge in [0.15, 0.2) is 0 Å². The molecule has 0 spiro atoms. The smallest absolute Gasteiger partial charge is 0.226 e. The maximum atomic E-state index is 13.2. The van der Waals surface area contributed by atoms with Crippen molar-refractivity contribution in [1.82, 2.24) is 14.8 Å². The third-order valence-electron chi connectivity index (χ3n) is 5.27. The van der Waals surface area contributed by atoms with Crippen LogP contribution in [-0.4, -0.2) is 27.7 Å². The van der Waals surface area contributed by atoms with Crippen LogP contribution in [0.1, 0.15) is 28.8 Å². The van der Waals surface area contributed by atoms with Crippen molar-refractivity contribution >= 4 is 23.1 Å². The summed E-state index contributed by atoms with van der Waals surface area (Å²) >= 11 is 1.65. The Morgan fingerprint density at radius 2 is 2.11 bits per heavy atom. The van der Waals surface area contributed by atoms with Crippen LogP contribution in [0.4, 0.5) is 5.95 Å². The molecule has 3 heterocycles. The SMILES string of the molecule is COc1ccc([C@H]2C=C3Nc4ncnn4[C@@H](c4cccs4)[C@@H]3C(=O)C2)cc1. The minimum atomic E-state index is -0.257. The Kier molecular flexibility index (Phi) is 3.82. The number of nitrogens with one attached hydrogen (secondary N) is 1. The van der Waals surface area contributed by atoms with Gasteiger partial charge in [0, 0.05) is 22.9 Å². The third-order valence-corrected chi connectivity index (χ3v) is 6.21. The van der Waals surface area contributed by atoms with Crippen LogP contribution < -0.4 is 10.1 Å². The van der Waals surface area contributed by atoms with E-state index in [0.29, 0.717) is 12.4 Å². The zero-order valence-corrected chi connectivity index (χ0v) is 15.5. The molecule has 0 saturated heterocycles. The van der Waals surface area contributed by atoms with Gasteiger partial charge in [0.05, 0.1) is 13.0 Å². The number of allylic oxidation sites excluding steroid dienone is 2. The molecule has 136 valence electrons. The van der Waals surface area contributed by atoms with E-state index >= 15 is 0 Å². The summed E-state index contributed by atoms with van der Waals surface area (Å²) < 4.78 is 7.07. The van der Waals surface area contributed by atoms with E-state index < -0.39 is 0 Å². The number of nitrogens with zero attached hydrogens (tertiary/aromatic N) is 3. The van der Waals surface area contributed by atoms with Gasteiger partial charge in [-0.25, -0.2) is 4.68 Å². The number of carbonyl (C=O) groups excluding carboxylic acids is 1. The number of aromatic nitrogens is 3. The molecule has 2 aromatic heterocycles. The second-order valence-corrected chi connectivity index (χ2v) is 7.74. The van der Waals surface area contributed by atoms with E-state index in [4.69, 9.17) is 4.74 Å². The Labute approximate surface area is 160 Å². The lowest BCUT2D eigenvalue weighted by molar-refractivity contribution is -0.123. The molecule has 0 bridgehead atoms. The number of fused-ring (bicyclic) bond motifs is 2. The molecular weight excluding hydrogens is 360 g/mol. The quantitative estimate of drug-likeness (QED) is 0.754. The molecule has 0 amide bonds. The molecule has 1 aliphatic carbocycles. The predicted octanol–water partition coefficient (Wildman–Crippen LogP) is 3.62. The molecule has 0 fully saturated rings. The van der Waals surface area contributed by atoms with Crippen LogP contribution >= 0.6 is 11.3 Å². The molecule has 7 heteroatoms. The highest BCUT2D eigenvalue weighted by Crippen LogP contribution is 2.45. The van der Waals surface area contributed by atoms with Gasteiger partial charge in [-0.05, 0) is 29.1 Å². The van der Waals surface area contributed by atoms with E-state index in [9.17, 15) is 4.79 Å². The second kappa shape index (κ2) is 6.35. The summed E-state index contributed by atoms with van der Waals surface area (Å²) in [6.07, 6.45) is 4.19. The van der Waals surface area contributed by atoms with Gasteiger partial charge in [-0.3, -0.25) is 4.79 Å². The van der Waals surface area contributed by atoms with Gasteiger partial charge in [0.2, 0.25) is 5.95 Å². The maximum Gasteiger partial charge on any atom is 0.226 e. The number of rotatable bonds is 3. The molecule has 1 aliphatic heterocycles. The van der Waals surface area contributed by atoms with Crippen molar-refractivity contribution in [3.05, 3.63) is 70.3 Å². The number of anilines is 1. The number of carbonyl (C=O) groups is 1. The number of hydrogen-bond donors (Lipinski definition) is 1. The van der Waals surface area contributed by atoms with E-state index in [2.05, 4.69) is 27.5 Å². The van der Waals surface area contributed by atoms with E-state index in [1.54, 1.807) is 18.4 Å². The highest BCUT2D eigenvalue weighted by Gasteiger charge is 2.43. The van der Waals surface area contributed by atoms with Crippen molar-refractivity contribution in [1.29, 1.82) is 0 Å². The topological polar surface area (TPSA) is 69.0 Å². The zero-order chi connectivity index (χ0) is 18.4. The highest BCUT2D eigenvalue weighted by molar-refractivity contribution is 7.10.